The van der Waals surface area contributed by atoms with E-state index in [0.717, 1.165) is 18.0 Å². The van der Waals surface area contributed by atoms with Crippen molar-refractivity contribution in [3.8, 4) is 0 Å². The topological polar surface area (TPSA) is 12.0 Å². The third-order valence-corrected chi connectivity index (χ3v) is 3.62. The Morgan fingerprint density at radius 1 is 1.47 bits per heavy atom. The standard InChI is InChI=1S/C12H20ClNS/c1-9(8-14-12(2,3)4)7-11-10(13)5-6-15-11/h5-6,9,14H,7-8H2,1-4H3. The third kappa shape index (κ3) is 5.01. The van der Waals surface area contributed by atoms with Crippen LogP contribution in [0.5, 0.6) is 0 Å². The number of thiophene rings is 1. The van der Waals surface area contributed by atoms with Gasteiger partial charge in [0.15, 0.2) is 0 Å². The zero-order chi connectivity index (χ0) is 11.5. The molecule has 0 aliphatic rings. The number of rotatable bonds is 4. The van der Waals surface area contributed by atoms with Crippen molar-refractivity contribution < 1.29 is 0 Å². The lowest BCUT2D eigenvalue weighted by atomic mass is 10.0. The van der Waals surface area contributed by atoms with E-state index in [-0.39, 0.29) is 5.54 Å². The van der Waals surface area contributed by atoms with Gasteiger partial charge in [0.2, 0.25) is 0 Å². The van der Waals surface area contributed by atoms with Gasteiger partial charge in [-0.05, 0) is 51.1 Å². The first kappa shape index (κ1) is 13.0. The Bertz CT molecular complexity index is 301. The van der Waals surface area contributed by atoms with E-state index < -0.39 is 0 Å². The van der Waals surface area contributed by atoms with Crippen molar-refractivity contribution in [3.05, 3.63) is 21.3 Å². The summed E-state index contributed by atoms with van der Waals surface area (Å²) in [5.74, 6) is 0.625. The predicted octanol–water partition coefficient (Wildman–Crippen LogP) is 3.97. The van der Waals surface area contributed by atoms with Gasteiger partial charge >= 0.3 is 0 Å². The maximum atomic E-state index is 6.06. The van der Waals surface area contributed by atoms with Crippen LogP contribution in [-0.4, -0.2) is 12.1 Å². The number of hydrogen-bond acceptors (Lipinski definition) is 2. The van der Waals surface area contributed by atoms with Crippen molar-refractivity contribution in [3.63, 3.8) is 0 Å². The molecule has 0 amide bonds. The average Bonchev–Trinajstić information content (AvgIpc) is 2.47. The first-order valence-corrected chi connectivity index (χ1v) is 6.61. The molecule has 0 radical (unpaired) electrons. The highest BCUT2D eigenvalue weighted by Gasteiger charge is 2.12. The van der Waals surface area contributed by atoms with Crippen molar-refractivity contribution in [2.24, 2.45) is 5.92 Å². The minimum atomic E-state index is 0.202. The summed E-state index contributed by atoms with van der Waals surface area (Å²) in [6.45, 7) is 9.88. The van der Waals surface area contributed by atoms with Crippen LogP contribution in [0.1, 0.15) is 32.6 Å². The van der Waals surface area contributed by atoms with Crippen LogP contribution in [0.2, 0.25) is 5.02 Å². The van der Waals surface area contributed by atoms with E-state index in [0.29, 0.717) is 5.92 Å². The Morgan fingerprint density at radius 3 is 2.60 bits per heavy atom. The Kier molecular flexibility index (Phi) is 4.63. The number of nitrogens with one attached hydrogen (secondary N) is 1. The fourth-order valence-electron chi connectivity index (χ4n) is 1.34. The van der Waals surface area contributed by atoms with Crippen LogP contribution in [0.15, 0.2) is 11.4 Å². The molecule has 0 saturated carbocycles. The van der Waals surface area contributed by atoms with Gasteiger partial charge in [-0.1, -0.05) is 18.5 Å². The van der Waals surface area contributed by atoms with Crippen LogP contribution >= 0.6 is 22.9 Å². The molecule has 0 saturated heterocycles. The summed E-state index contributed by atoms with van der Waals surface area (Å²) in [7, 11) is 0. The lowest BCUT2D eigenvalue weighted by molar-refractivity contribution is 0.382. The largest absolute Gasteiger partial charge is 0.312 e. The molecule has 0 aliphatic heterocycles. The van der Waals surface area contributed by atoms with Crippen molar-refractivity contribution in [1.82, 2.24) is 5.32 Å². The first-order valence-electron chi connectivity index (χ1n) is 5.35. The summed E-state index contributed by atoms with van der Waals surface area (Å²) in [5, 5.41) is 6.49. The molecular weight excluding hydrogens is 226 g/mol. The predicted molar refractivity (Wildman–Crippen MR) is 70.0 cm³/mol. The maximum Gasteiger partial charge on any atom is 0.0545 e. The van der Waals surface area contributed by atoms with Crippen LogP contribution in [0.4, 0.5) is 0 Å². The number of halogens is 1. The summed E-state index contributed by atoms with van der Waals surface area (Å²) < 4.78 is 0. The molecule has 15 heavy (non-hydrogen) atoms. The molecule has 3 heteroatoms. The van der Waals surface area contributed by atoms with Crippen LogP contribution in [0.3, 0.4) is 0 Å². The summed E-state index contributed by atoms with van der Waals surface area (Å²) in [5.41, 5.74) is 0.202. The second kappa shape index (κ2) is 5.33. The van der Waals surface area contributed by atoms with Crippen LogP contribution in [0, 0.1) is 5.92 Å². The smallest absolute Gasteiger partial charge is 0.0545 e. The zero-order valence-corrected chi connectivity index (χ0v) is 11.5. The lowest BCUT2D eigenvalue weighted by Crippen LogP contribution is -2.38. The minimum Gasteiger partial charge on any atom is -0.312 e. The molecule has 0 aromatic carbocycles. The van der Waals surface area contributed by atoms with Gasteiger partial charge in [-0.2, -0.15) is 0 Å². The quantitative estimate of drug-likeness (QED) is 0.847. The maximum absolute atomic E-state index is 6.06. The molecular formula is C12H20ClNS. The van der Waals surface area contributed by atoms with Crippen molar-refractivity contribution in [2.45, 2.75) is 39.7 Å². The second-order valence-electron chi connectivity index (χ2n) is 5.13. The van der Waals surface area contributed by atoms with Gasteiger partial charge in [0.25, 0.3) is 0 Å². The van der Waals surface area contributed by atoms with Gasteiger partial charge in [-0.3, -0.25) is 0 Å². The van der Waals surface area contributed by atoms with Crippen LogP contribution in [-0.2, 0) is 6.42 Å². The van der Waals surface area contributed by atoms with E-state index in [1.807, 2.05) is 6.07 Å². The summed E-state index contributed by atoms with van der Waals surface area (Å²) >= 11 is 7.82. The molecule has 1 aromatic rings. The molecule has 1 heterocycles. The highest BCUT2D eigenvalue weighted by molar-refractivity contribution is 7.10. The van der Waals surface area contributed by atoms with E-state index in [1.165, 1.54) is 4.88 Å². The van der Waals surface area contributed by atoms with Gasteiger partial charge in [0.1, 0.15) is 0 Å². The van der Waals surface area contributed by atoms with Gasteiger partial charge in [0, 0.05) is 10.4 Å². The lowest BCUT2D eigenvalue weighted by Gasteiger charge is -2.23. The number of hydrogen-bond donors (Lipinski definition) is 1. The summed E-state index contributed by atoms with van der Waals surface area (Å²) in [6.07, 6.45) is 1.07. The summed E-state index contributed by atoms with van der Waals surface area (Å²) in [6, 6.07) is 1.98. The highest BCUT2D eigenvalue weighted by Crippen LogP contribution is 2.24. The molecule has 0 aliphatic carbocycles. The first-order chi connectivity index (χ1) is 6.88. The van der Waals surface area contributed by atoms with Crippen LogP contribution < -0.4 is 5.32 Å². The molecule has 1 rings (SSSR count). The second-order valence-corrected chi connectivity index (χ2v) is 6.54. The Morgan fingerprint density at radius 2 is 2.13 bits per heavy atom. The van der Waals surface area contributed by atoms with Crippen molar-refractivity contribution in [2.75, 3.05) is 6.54 Å². The molecule has 0 spiro atoms. The van der Waals surface area contributed by atoms with E-state index in [2.05, 4.69) is 38.4 Å². The Labute approximate surface area is 102 Å². The van der Waals surface area contributed by atoms with E-state index in [1.54, 1.807) is 11.3 Å². The molecule has 86 valence electrons. The van der Waals surface area contributed by atoms with Gasteiger partial charge < -0.3 is 5.32 Å². The fraction of sp³-hybridized carbons (Fsp3) is 0.667. The molecule has 1 unspecified atom stereocenters. The zero-order valence-electron chi connectivity index (χ0n) is 9.93. The normalized spacial score (nSPS) is 14.2. The molecule has 1 nitrogen and oxygen atoms in total. The van der Waals surface area contributed by atoms with E-state index >= 15 is 0 Å². The Hall–Kier alpha value is -0.0500. The van der Waals surface area contributed by atoms with Gasteiger partial charge in [-0.25, -0.2) is 0 Å². The molecule has 1 atom stereocenters. The fourth-order valence-corrected chi connectivity index (χ4v) is 2.62. The Balaban J connectivity index is 2.37. The van der Waals surface area contributed by atoms with Crippen molar-refractivity contribution >= 4 is 22.9 Å². The van der Waals surface area contributed by atoms with Crippen LogP contribution in [0.25, 0.3) is 0 Å². The highest BCUT2D eigenvalue weighted by atomic mass is 35.5. The van der Waals surface area contributed by atoms with Gasteiger partial charge in [-0.15, -0.1) is 11.3 Å². The monoisotopic (exact) mass is 245 g/mol. The molecule has 0 fully saturated rings. The SMILES string of the molecule is CC(CNC(C)(C)C)Cc1sccc1Cl. The molecule has 0 bridgehead atoms. The average molecular weight is 246 g/mol. The summed E-state index contributed by atoms with van der Waals surface area (Å²) in [4.78, 5) is 1.31. The minimum absolute atomic E-state index is 0.202. The van der Waals surface area contributed by atoms with Crippen molar-refractivity contribution in [1.29, 1.82) is 0 Å². The van der Waals surface area contributed by atoms with E-state index in [4.69, 9.17) is 11.6 Å². The van der Waals surface area contributed by atoms with Gasteiger partial charge in [0.05, 0.1) is 5.02 Å². The molecule has 1 aromatic heterocycles. The molecule has 1 N–H and O–H groups in total. The van der Waals surface area contributed by atoms with E-state index in [9.17, 15) is 0 Å². The third-order valence-electron chi connectivity index (χ3n) is 2.21.